The van der Waals surface area contributed by atoms with Gasteiger partial charge in [0.15, 0.2) is 11.5 Å². The quantitative estimate of drug-likeness (QED) is 0.255. The van der Waals surface area contributed by atoms with Crippen molar-refractivity contribution >= 4 is 11.9 Å². The van der Waals surface area contributed by atoms with Gasteiger partial charge in [-0.25, -0.2) is 19.7 Å². The van der Waals surface area contributed by atoms with Crippen LogP contribution >= 0.6 is 0 Å². The van der Waals surface area contributed by atoms with Crippen molar-refractivity contribution in [1.82, 2.24) is 34.2 Å². The molecule has 1 aliphatic carbocycles. The molecule has 4 aromatic rings. The Balaban J connectivity index is 1.29. The van der Waals surface area contributed by atoms with Crippen LogP contribution in [0.4, 0.5) is 23.8 Å². The van der Waals surface area contributed by atoms with E-state index in [0.29, 0.717) is 49.3 Å². The zero-order valence-electron chi connectivity index (χ0n) is 25.4. The fraction of sp³-hybridized carbons (Fsp3) is 0.452. The summed E-state index contributed by atoms with van der Waals surface area (Å²) in [7, 11) is 1.54. The minimum Gasteiger partial charge on any atom is -0.444 e. The summed E-state index contributed by atoms with van der Waals surface area (Å²) in [5.41, 5.74) is 3.51. The molecule has 4 heterocycles. The summed E-state index contributed by atoms with van der Waals surface area (Å²) in [5, 5.41) is 8.03. The predicted octanol–water partition coefficient (Wildman–Crippen LogP) is 6.52. The third-order valence-electron chi connectivity index (χ3n) is 7.67. The maximum atomic E-state index is 13.2. The molecular weight excluding hydrogens is 573 g/mol. The van der Waals surface area contributed by atoms with Crippen LogP contribution in [0.3, 0.4) is 0 Å². The SMILES string of the molecule is CCn1ncc(C2CC2)c1-c1nc2c(c(NCc3ccc(-c4nc(C(F)(F)F)cn4C)cc3)n1)CN(C(=O)OC(C)(C)C)C2. The first-order chi connectivity index (χ1) is 20.8. The van der Waals surface area contributed by atoms with Gasteiger partial charge in [-0.2, -0.15) is 18.3 Å². The number of hydrogen-bond donors (Lipinski definition) is 1. The molecule has 2 aliphatic rings. The first kappa shape index (κ1) is 29.6. The molecule has 1 fully saturated rings. The summed E-state index contributed by atoms with van der Waals surface area (Å²) in [6, 6.07) is 7.19. The number of alkyl halides is 3. The molecule has 1 amide bonds. The number of aryl methyl sites for hydroxylation is 2. The first-order valence-electron chi connectivity index (χ1n) is 14.7. The molecule has 0 bridgehead atoms. The number of fused-ring (bicyclic) bond motifs is 1. The van der Waals surface area contributed by atoms with E-state index in [2.05, 4.69) is 15.4 Å². The van der Waals surface area contributed by atoms with Crippen LogP contribution in [0.25, 0.3) is 22.9 Å². The number of carbonyl (C=O) groups is 1. The van der Waals surface area contributed by atoms with Crippen LogP contribution in [-0.2, 0) is 44.1 Å². The highest BCUT2D eigenvalue weighted by atomic mass is 19.4. The zero-order chi connectivity index (χ0) is 31.4. The Hall–Kier alpha value is -4.42. The molecule has 1 aromatic carbocycles. The maximum absolute atomic E-state index is 13.2. The zero-order valence-corrected chi connectivity index (χ0v) is 25.4. The van der Waals surface area contributed by atoms with E-state index in [4.69, 9.17) is 14.7 Å². The molecule has 0 radical (unpaired) electrons. The monoisotopic (exact) mass is 608 g/mol. The van der Waals surface area contributed by atoms with Crippen molar-refractivity contribution in [3.05, 3.63) is 64.7 Å². The Morgan fingerprint density at radius 1 is 1.07 bits per heavy atom. The van der Waals surface area contributed by atoms with Crippen molar-refractivity contribution in [1.29, 1.82) is 0 Å². The molecule has 0 saturated heterocycles. The molecule has 1 saturated carbocycles. The summed E-state index contributed by atoms with van der Waals surface area (Å²) in [4.78, 5) is 28.3. The van der Waals surface area contributed by atoms with Crippen molar-refractivity contribution < 1.29 is 22.7 Å². The normalized spacial score (nSPS) is 15.0. The van der Waals surface area contributed by atoms with Gasteiger partial charge in [0.25, 0.3) is 0 Å². The number of amides is 1. The second-order valence-electron chi connectivity index (χ2n) is 12.3. The number of nitrogens with zero attached hydrogens (tertiary/aromatic N) is 7. The van der Waals surface area contributed by atoms with Crippen LogP contribution in [0.5, 0.6) is 0 Å². The molecule has 0 atom stereocenters. The highest BCUT2D eigenvalue weighted by Gasteiger charge is 2.36. The van der Waals surface area contributed by atoms with Gasteiger partial charge in [-0.15, -0.1) is 0 Å². The number of imidazole rings is 1. The topological polar surface area (TPSA) is 103 Å². The number of hydrogen-bond acceptors (Lipinski definition) is 7. The Morgan fingerprint density at radius 3 is 2.41 bits per heavy atom. The number of aromatic nitrogens is 6. The summed E-state index contributed by atoms with van der Waals surface area (Å²) in [6.07, 6.45) is 0.182. The first-order valence-corrected chi connectivity index (χ1v) is 14.7. The molecule has 44 heavy (non-hydrogen) atoms. The second kappa shape index (κ2) is 10.9. The smallest absolute Gasteiger partial charge is 0.434 e. The molecule has 1 N–H and O–H groups in total. The van der Waals surface area contributed by atoms with Crippen LogP contribution in [0.1, 0.15) is 74.5 Å². The van der Waals surface area contributed by atoms with Crippen molar-refractivity contribution in [3.63, 3.8) is 0 Å². The summed E-state index contributed by atoms with van der Waals surface area (Å²) < 4.78 is 48.4. The largest absolute Gasteiger partial charge is 0.444 e. The number of nitrogens with one attached hydrogen (secondary N) is 1. The van der Waals surface area contributed by atoms with Gasteiger partial charge in [-0.3, -0.25) is 9.58 Å². The molecule has 0 unspecified atom stereocenters. The predicted molar refractivity (Wildman–Crippen MR) is 157 cm³/mol. The lowest BCUT2D eigenvalue weighted by Crippen LogP contribution is -2.33. The van der Waals surface area contributed by atoms with E-state index in [0.717, 1.165) is 47.1 Å². The lowest BCUT2D eigenvalue weighted by molar-refractivity contribution is -0.140. The van der Waals surface area contributed by atoms with E-state index in [-0.39, 0.29) is 5.82 Å². The van der Waals surface area contributed by atoms with Gasteiger partial charge in [0, 0.05) is 43.0 Å². The molecule has 3 aromatic heterocycles. The molecule has 0 spiro atoms. The van der Waals surface area contributed by atoms with Gasteiger partial charge in [0.1, 0.15) is 22.9 Å². The summed E-state index contributed by atoms with van der Waals surface area (Å²) >= 11 is 0. The van der Waals surface area contributed by atoms with E-state index in [9.17, 15) is 18.0 Å². The fourth-order valence-electron chi connectivity index (χ4n) is 5.37. The van der Waals surface area contributed by atoms with Gasteiger partial charge in [0.2, 0.25) is 0 Å². The molecule has 10 nitrogen and oxygen atoms in total. The van der Waals surface area contributed by atoms with E-state index in [1.54, 1.807) is 24.1 Å². The number of ether oxygens (including phenoxy) is 1. The van der Waals surface area contributed by atoms with E-state index in [1.165, 1.54) is 4.57 Å². The van der Waals surface area contributed by atoms with Gasteiger partial charge in [-0.1, -0.05) is 24.3 Å². The minimum absolute atomic E-state index is 0.233. The Labute approximate surface area is 253 Å². The molecule has 1 aliphatic heterocycles. The summed E-state index contributed by atoms with van der Waals surface area (Å²) in [5.74, 6) is 1.85. The lowest BCUT2D eigenvalue weighted by atomic mass is 10.1. The number of benzene rings is 1. The van der Waals surface area contributed by atoms with Crippen molar-refractivity contribution in [2.24, 2.45) is 7.05 Å². The Kier molecular flexibility index (Phi) is 7.37. The van der Waals surface area contributed by atoms with Crippen LogP contribution < -0.4 is 5.32 Å². The highest BCUT2D eigenvalue weighted by molar-refractivity contribution is 5.71. The maximum Gasteiger partial charge on any atom is 0.434 e. The molecule has 6 rings (SSSR count). The number of halogens is 3. The van der Waals surface area contributed by atoms with Gasteiger partial charge in [-0.05, 0) is 52.0 Å². The third kappa shape index (κ3) is 6.00. The van der Waals surface area contributed by atoms with Crippen LogP contribution in [0, 0.1) is 0 Å². The van der Waals surface area contributed by atoms with Crippen molar-refractivity contribution in [3.8, 4) is 22.9 Å². The third-order valence-corrected chi connectivity index (χ3v) is 7.67. The van der Waals surface area contributed by atoms with Gasteiger partial charge in [0.05, 0.1) is 25.0 Å². The average molecular weight is 609 g/mol. The lowest BCUT2D eigenvalue weighted by Gasteiger charge is -2.24. The van der Waals surface area contributed by atoms with E-state index < -0.39 is 23.6 Å². The van der Waals surface area contributed by atoms with Crippen LogP contribution in [-0.4, -0.2) is 45.9 Å². The van der Waals surface area contributed by atoms with E-state index in [1.807, 2.05) is 50.7 Å². The molecular formula is C31H35F3N8O2. The molecule has 13 heteroatoms. The van der Waals surface area contributed by atoms with Crippen molar-refractivity contribution in [2.75, 3.05) is 5.32 Å². The summed E-state index contributed by atoms with van der Waals surface area (Å²) in [6.45, 7) is 9.19. The number of carbonyl (C=O) groups excluding carboxylic acids is 1. The average Bonchev–Trinajstić information content (AvgIpc) is 3.36. The van der Waals surface area contributed by atoms with Crippen molar-refractivity contribution in [2.45, 2.75) is 84.4 Å². The van der Waals surface area contributed by atoms with Crippen LogP contribution in [0.15, 0.2) is 36.7 Å². The highest BCUT2D eigenvalue weighted by Crippen LogP contribution is 2.44. The number of anilines is 1. The number of rotatable bonds is 7. The second-order valence-corrected chi connectivity index (χ2v) is 12.3. The van der Waals surface area contributed by atoms with Gasteiger partial charge < -0.3 is 14.6 Å². The fourth-order valence-corrected chi connectivity index (χ4v) is 5.37. The molecule has 232 valence electrons. The minimum atomic E-state index is -4.51. The standard InChI is InChI=1S/C31H35F3N8O2/c1-6-42-25(21(14-36-42)19-11-12-19)27-37-23-16-41(29(43)44-30(2,3)4)15-22(23)26(39-27)35-13-18-7-9-20(10-8-18)28-38-24(17-40(28)5)31(32,33)34/h7-10,14,17,19H,6,11-13,15-16H2,1-5H3,(H,35,37,39). The van der Waals surface area contributed by atoms with E-state index >= 15 is 0 Å². The van der Waals surface area contributed by atoms with Crippen LogP contribution in [0.2, 0.25) is 0 Å². The Morgan fingerprint density at radius 2 is 1.80 bits per heavy atom. The Bertz CT molecular complexity index is 1700. The van der Waals surface area contributed by atoms with Gasteiger partial charge >= 0.3 is 12.3 Å².